The van der Waals surface area contributed by atoms with Crippen molar-refractivity contribution in [1.82, 2.24) is 10.2 Å². The van der Waals surface area contributed by atoms with Gasteiger partial charge < -0.3 is 15.0 Å². The zero-order valence-corrected chi connectivity index (χ0v) is 24.8. The molecule has 0 radical (unpaired) electrons. The number of aliphatic carboxylic acids is 1. The van der Waals surface area contributed by atoms with Gasteiger partial charge in [-0.15, -0.1) is 0 Å². The summed E-state index contributed by atoms with van der Waals surface area (Å²) in [6.45, 7) is 7.55. The van der Waals surface area contributed by atoms with Gasteiger partial charge in [0.1, 0.15) is 6.04 Å². The van der Waals surface area contributed by atoms with Crippen molar-refractivity contribution in [2.45, 2.75) is 103 Å². The first-order valence-electron chi connectivity index (χ1n) is 14.6. The molecule has 0 aromatic heterocycles. The van der Waals surface area contributed by atoms with E-state index in [0.717, 1.165) is 34.7 Å². The predicted molar refractivity (Wildman–Crippen MR) is 158 cm³/mol. The number of benzene rings is 2. The first kappa shape index (κ1) is 30.4. The normalized spacial score (nSPS) is 17.9. The molecule has 1 amide bonds. The van der Waals surface area contributed by atoms with Crippen LogP contribution in [0.4, 0.5) is 0 Å². The number of carboxylic acids is 1. The summed E-state index contributed by atoms with van der Waals surface area (Å²) in [6, 6.07) is 13.0. The molecule has 0 saturated heterocycles. The molecule has 2 unspecified atom stereocenters. The van der Waals surface area contributed by atoms with Crippen molar-refractivity contribution in [2.24, 2.45) is 5.92 Å². The van der Waals surface area contributed by atoms with Crippen LogP contribution >= 0.6 is 0 Å². The third-order valence-corrected chi connectivity index (χ3v) is 9.14. The number of nitrogens with one attached hydrogen (secondary N) is 1. The van der Waals surface area contributed by atoms with Crippen LogP contribution in [0.15, 0.2) is 42.5 Å². The van der Waals surface area contributed by atoms with E-state index in [1.807, 2.05) is 37.3 Å². The van der Waals surface area contributed by atoms with Gasteiger partial charge in [0.15, 0.2) is 0 Å². The van der Waals surface area contributed by atoms with E-state index in [1.54, 1.807) is 6.07 Å². The highest BCUT2D eigenvalue weighted by atomic mass is 32.2. The van der Waals surface area contributed by atoms with E-state index in [4.69, 9.17) is 0 Å². The molecule has 2 fully saturated rings. The average molecular weight is 568 g/mol. The van der Waals surface area contributed by atoms with Crippen LogP contribution in [0, 0.1) is 12.8 Å². The number of hydrogen-bond acceptors (Lipinski definition) is 5. The van der Waals surface area contributed by atoms with Gasteiger partial charge >= 0.3 is 5.97 Å². The van der Waals surface area contributed by atoms with Crippen LogP contribution in [0.1, 0.15) is 93.1 Å². The Balaban J connectivity index is 1.62. The van der Waals surface area contributed by atoms with Crippen molar-refractivity contribution in [2.75, 3.05) is 5.75 Å². The lowest BCUT2D eigenvalue weighted by Crippen LogP contribution is -2.46. The standard InChI is InChI=1S/C32H44N2O5S/c1-22-9-7-8-12-26(22)28-19-24(13-16-27(28)30(35)33-29(31(36)37)17-18-40(38)39)21-34(25-14-15-25)32(2,3)20-23-10-5-4-6-11-23/h7-9,12-13,16,19,23,25,29H,4-6,10-11,14-15,17-18,20-21H2,1-3H3,(H,33,35)(H,36,37)(H,38,39)/p-1. The van der Waals surface area contributed by atoms with Gasteiger partial charge in [0.25, 0.3) is 5.91 Å². The number of aryl methyl sites for hydroxylation is 1. The molecule has 0 spiro atoms. The summed E-state index contributed by atoms with van der Waals surface area (Å²) in [7, 11) is 0. The van der Waals surface area contributed by atoms with Gasteiger partial charge in [-0.05, 0) is 86.8 Å². The fraction of sp³-hybridized carbons (Fsp3) is 0.562. The Bertz CT molecular complexity index is 1220. The number of carbonyl (C=O) groups excluding carboxylic acids is 1. The van der Waals surface area contributed by atoms with E-state index in [-0.39, 0.29) is 17.7 Å². The molecular weight excluding hydrogens is 524 g/mol. The van der Waals surface area contributed by atoms with Gasteiger partial charge in [0.05, 0.1) is 0 Å². The molecule has 8 heteroatoms. The lowest BCUT2D eigenvalue weighted by molar-refractivity contribution is -0.139. The van der Waals surface area contributed by atoms with Crippen LogP contribution in [0.25, 0.3) is 11.1 Å². The zero-order valence-electron chi connectivity index (χ0n) is 24.0. The smallest absolute Gasteiger partial charge is 0.326 e. The quantitative estimate of drug-likeness (QED) is 0.295. The summed E-state index contributed by atoms with van der Waals surface area (Å²) in [5, 5.41) is 12.1. The molecule has 2 aliphatic carbocycles. The maximum atomic E-state index is 13.4. The summed E-state index contributed by atoms with van der Waals surface area (Å²) in [6.07, 6.45) is 10.1. The lowest BCUT2D eigenvalue weighted by Gasteiger charge is -2.42. The SMILES string of the molecule is Cc1ccccc1-c1cc(CN(C2CC2)C(C)(C)CC2CCCCC2)ccc1C(=O)NC(CCS(=O)[O-])C(=O)O. The Morgan fingerprint density at radius 1 is 1.07 bits per heavy atom. The van der Waals surface area contributed by atoms with Crippen molar-refractivity contribution in [3.8, 4) is 11.1 Å². The van der Waals surface area contributed by atoms with Crippen LogP contribution in [0.2, 0.25) is 0 Å². The number of nitrogens with zero attached hydrogens (tertiary/aromatic N) is 1. The second-order valence-corrected chi connectivity index (χ2v) is 13.3. The molecular formula is C32H43N2O5S-. The second kappa shape index (κ2) is 13.4. The molecule has 2 N–H and O–H groups in total. The molecule has 0 bridgehead atoms. The molecule has 2 saturated carbocycles. The van der Waals surface area contributed by atoms with Gasteiger partial charge in [0, 0.05) is 29.4 Å². The van der Waals surface area contributed by atoms with Gasteiger partial charge in [-0.1, -0.05) is 73.5 Å². The van der Waals surface area contributed by atoms with Crippen LogP contribution in [-0.4, -0.2) is 54.0 Å². The van der Waals surface area contributed by atoms with E-state index in [9.17, 15) is 23.5 Å². The van der Waals surface area contributed by atoms with E-state index >= 15 is 0 Å². The highest BCUT2D eigenvalue weighted by Gasteiger charge is 2.39. The minimum absolute atomic E-state index is 0.0679. The molecule has 2 aromatic rings. The molecule has 2 aromatic carbocycles. The molecule has 0 aliphatic heterocycles. The molecule has 2 aliphatic rings. The Morgan fingerprint density at radius 2 is 1.77 bits per heavy atom. The van der Waals surface area contributed by atoms with Crippen molar-refractivity contribution in [3.05, 3.63) is 59.2 Å². The fourth-order valence-corrected chi connectivity index (χ4v) is 6.76. The van der Waals surface area contributed by atoms with E-state index in [0.29, 0.717) is 11.6 Å². The average Bonchev–Trinajstić information content (AvgIpc) is 3.75. The number of hydrogen-bond donors (Lipinski definition) is 2. The number of rotatable bonds is 13. The van der Waals surface area contributed by atoms with Crippen molar-refractivity contribution in [1.29, 1.82) is 0 Å². The highest BCUT2D eigenvalue weighted by molar-refractivity contribution is 7.79. The third kappa shape index (κ3) is 8.02. The molecule has 7 nitrogen and oxygen atoms in total. The summed E-state index contributed by atoms with van der Waals surface area (Å²) >= 11 is -2.39. The zero-order chi connectivity index (χ0) is 28.9. The Morgan fingerprint density at radius 3 is 2.40 bits per heavy atom. The Labute approximate surface area is 241 Å². The summed E-state index contributed by atoms with van der Waals surface area (Å²) in [4.78, 5) is 27.8. The van der Waals surface area contributed by atoms with Crippen molar-refractivity contribution < 1.29 is 23.5 Å². The second-order valence-electron chi connectivity index (χ2n) is 12.2. The van der Waals surface area contributed by atoms with Crippen LogP contribution in [0.5, 0.6) is 0 Å². The third-order valence-electron chi connectivity index (χ3n) is 8.57. The summed E-state index contributed by atoms with van der Waals surface area (Å²) in [5.41, 5.74) is 4.26. The minimum Gasteiger partial charge on any atom is -0.772 e. The lowest BCUT2D eigenvalue weighted by atomic mass is 9.80. The van der Waals surface area contributed by atoms with E-state index in [1.165, 1.54) is 51.4 Å². The molecule has 0 heterocycles. The predicted octanol–water partition coefficient (Wildman–Crippen LogP) is 5.83. The Kier molecular flexibility index (Phi) is 10.2. The van der Waals surface area contributed by atoms with Gasteiger partial charge in [-0.2, -0.15) is 0 Å². The monoisotopic (exact) mass is 567 g/mol. The van der Waals surface area contributed by atoms with E-state index in [2.05, 4.69) is 30.1 Å². The summed E-state index contributed by atoms with van der Waals surface area (Å²) < 4.78 is 22.0. The topological polar surface area (TPSA) is 110 Å². The van der Waals surface area contributed by atoms with E-state index < -0.39 is 29.0 Å². The van der Waals surface area contributed by atoms with Gasteiger partial charge in [-0.25, -0.2) is 4.79 Å². The molecule has 40 heavy (non-hydrogen) atoms. The largest absolute Gasteiger partial charge is 0.772 e. The van der Waals surface area contributed by atoms with Gasteiger partial charge in [0.2, 0.25) is 0 Å². The maximum absolute atomic E-state index is 13.4. The first-order chi connectivity index (χ1) is 19.0. The molecule has 4 rings (SSSR count). The Hall–Kier alpha value is -2.55. The van der Waals surface area contributed by atoms with Gasteiger partial charge in [-0.3, -0.25) is 13.9 Å². The van der Waals surface area contributed by atoms with Crippen LogP contribution in [-0.2, 0) is 22.4 Å². The summed E-state index contributed by atoms with van der Waals surface area (Å²) in [5.74, 6) is -1.34. The van der Waals surface area contributed by atoms with Crippen LogP contribution in [0.3, 0.4) is 0 Å². The van der Waals surface area contributed by atoms with Crippen LogP contribution < -0.4 is 5.32 Å². The number of amides is 1. The number of carboxylic acid groups (broad SMARTS) is 1. The maximum Gasteiger partial charge on any atom is 0.326 e. The first-order valence-corrected chi connectivity index (χ1v) is 15.8. The molecule has 2 atom stereocenters. The number of carbonyl (C=O) groups is 2. The highest BCUT2D eigenvalue weighted by Crippen LogP contribution is 2.40. The van der Waals surface area contributed by atoms with Crippen molar-refractivity contribution in [3.63, 3.8) is 0 Å². The molecule has 218 valence electrons. The van der Waals surface area contributed by atoms with Crippen molar-refractivity contribution >= 4 is 23.0 Å². The fourth-order valence-electron chi connectivity index (χ4n) is 6.33. The minimum atomic E-state index is -2.39.